The Labute approximate surface area is 244 Å². The number of halogens is 1. The fraction of sp³-hybridized carbons (Fsp3) is 0.323. The molecule has 4 rings (SSSR count). The highest BCUT2D eigenvalue weighted by Crippen LogP contribution is 2.33. The van der Waals surface area contributed by atoms with Gasteiger partial charge in [-0.3, -0.25) is 14.4 Å². The number of fused-ring (bicyclic) bond motifs is 5. The third-order valence-electron chi connectivity index (χ3n) is 7.10. The van der Waals surface area contributed by atoms with Crippen LogP contribution in [0.25, 0.3) is 11.1 Å². The van der Waals surface area contributed by atoms with E-state index in [-0.39, 0.29) is 58.5 Å². The van der Waals surface area contributed by atoms with Gasteiger partial charge in [0.15, 0.2) is 9.84 Å². The van der Waals surface area contributed by atoms with Crippen LogP contribution >= 0.6 is 0 Å². The Morgan fingerprint density at radius 1 is 0.905 bits per heavy atom. The van der Waals surface area contributed by atoms with E-state index in [1.165, 1.54) is 36.4 Å². The van der Waals surface area contributed by atoms with Gasteiger partial charge in [-0.15, -0.1) is 0 Å². The van der Waals surface area contributed by atoms with Crippen molar-refractivity contribution in [2.45, 2.75) is 37.0 Å². The number of hydrogen-bond donors (Lipinski definition) is 3. The van der Waals surface area contributed by atoms with Gasteiger partial charge in [0.1, 0.15) is 11.6 Å². The zero-order valence-corrected chi connectivity index (χ0v) is 24.2. The lowest BCUT2D eigenvalue weighted by Crippen LogP contribution is -2.36. The maximum absolute atomic E-state index is 14.8. The third-order valence-corrected chi connectivity index (χ3v) is 8.23. The van der Waals surface area contributed by atoms with Gasteiger partial charge in [-0.25, -0.2) is 12.8 Å². The maximum atomic E-state index is 14.8. The van der Waals surface area contributed by atoms with Gasteiger partial charge < -0.3 is 20.6 Å². The highest BCUT2D eigenvalue weighted by Gasteiger charge is 2.18. The van der Waals surface area contributed by atoms with Crippen LogP contribution in [-0.2, 0) is 32.3 Å². The summed E-state index contributed by atoms with van der Waals surface area (Å²) in [5, 5.41) is 16.1. The van der Waals surface area contributed by atoms with E-state index in [2.05, 4.69) is 10.6 Å². The summed E-state index contributed by atoms with van der Waals surface area (Å²) in [6, 6.07) is 14.9. The predicted molar refractivity (Wildman–Crippen MR) is 156 cm³/mol. The first-order chi connectivity index (χ1) is 20.0. The number of hydrogen-bond acceptors (Lipinski definition) is 6. The summed E-state index contributed by atoms with van der Waals surface area (Å²) in [5.74, 6) is -1.47. The molecule has 0 unspecified atom stereocenters. The minimum Gasteiger partial charge on any atom is -0.507 e. The molecule has 0 aromatic heterocycles. The molecule has 3 N–H and O–H groups in total. The number of sulfone groups is 1. The van der Waals surface area contributed by atoms with Crippen LogP contribution in [0.5, 0.6) is 5.75 Å². The van der Waals surface area contributed by atoms with Crippen LogP contribution < -0.4 is 10.6 Å². The summed E-state index contributed by atoms with van der Waals surface area (Å²) < 4.78 is 38.3. The number of carbonyl (C=O) groups excluding carboxylic acids is 3. The first-order valence-corrected chi connectivity index (χ1v) is 15.6. The topological polar surface area (TPSA) is 133 Å². The summed E-state index contributed by atoms with van der Waals surface area (Å²) in [5.41, 5.74) is 2.01. The fourth-order valence-electron chi connectivity index (χ4n) is 4.77. The Kier molecular flexibility index (Phi) is 9.95. The maximum Gasteiger partial charge on any atom is 0.251 e. The number of nitrogens with zero attached hydrogens (tertiary/aromatic N) is 1. The van der Waals surface area contributed by atoms with Crippen LogP contribution in [0.4, 0.5) is 4.39 Å². The van der Waals surface area contributed by atoms with Crippen molar-refractivity contribution in [2.24, 2.45) is 0 Å². The first kappa shape index (κ1) is 30.7. The number of nitrogens with one attached hydrogen (secondary N) is 2. The van der Waals surface area contributed by atoms with E-state index in [1.54, 1.807) is 29.2 Å². The molecule has 0 spiro atoms. The number of aromatic hydroxyl groups is 1. The second-order valence-corrected chi connectivity index (χ2v) is 12.3. The fourth-order valence-corrected chi connectivity index (χ4v) is 5.40. The number of rotatable bonds is 3. The number of amides is 3. The van der Waals surface area contributed by atoms with Crippen LogP contribution in [-0.4, -0.2) is 68.6 Å². The van der Waals surface area contributed by atoms with Gasteiger partial charge >= 0.3 is 0 Å². The van der Waals surface area contributed by atoms with E-state index in [0.717, 1.165) is 11.8 Å². The molecule has 3 aromatic carbocycles. The number of benzene rings is 3. The molecule has 0 saturated heterocycles. The van der Waals surface area contributed by atoms with Gasteiger partial charge in [-0.2, -0.15) is 0 Å². The lowest BCUT2D eigenvalue weighted by molar-refractivity contribution is -0.131. The molecule has 42 heavy (non-hydrogen) atoms. The number of phenolic OH excluding ortho intramolecular Hbond substituents is 1. The van der Waals surface area contributed by atoms with E-state index in [9.17, 15) is 32.3 Å². The van der Waals surface area contributed by atoms with Crippen molar-refractivity contribution in [1.29, 1.82) is 0 Å². The van der Waals surface area contributed by atoms with E-state index in [4.69, 9.17) is 0 Å². The highest BCUT2D eigenvalue weighted by molar-refractivity contribution is 7.90. The smallest absolute Gasteiger partial charge is 0.251 e. The molecule has 1 heterocycles. The lowest BCUT2D eigenvalue weighted by atomic mass is 9.98. The van der Waals surface area contributed by atoms with Crippen molar-refractivity contribution in [3.63, 3.8) is 0 Å². The lowest BCUT2D eigenvalue weighted by Gasteiger charge is -2.23. The van der Waals surface area contributed by atoms with Crippen LogP contribution in [0.2, 0.25) is 0 Å². The molecule has 9 nitrogen and oxygen atoms in total. The Balaban J connectivity index is 1.50. The van der Waals surface area contributed by atoms with Gasteiger partial charge in [-0.05, 0) is 72.9 Å². The summed E-state index contributed by atoms with van der Waals surface area (Å²) in [7, 11) is -3.35. The van der Waals surface area contributed by atoms with Gasteiger partial charge in [0.2, 0.25) is 11.8 Å². The molecule has 3 aromatic rings. The Hall–Kier alpha value is -4.25. The summed E-state index contributed by atoms with van der Waals surface area (Å²) in [6.45, 7) is 1.25. The minimum absolute atomic E-state index is 0.0618. The second kappa shape index (κ2) is 13.6. The third kappa shape index (κ3) is 8.16. The zero-order chi connectivity index (χ0) is 30.3. The molecule has 222 valence electrons. The van der Waals surface area contributed by atoms with Crippen LogP contribution in [0, 0.1) is 5.82 Å². The van der Waals surface area contributed by atoms with Crippen LogP contribution in [0.15, 0.2) is 65.6 Å². The summed E-state index contributed by atoms with van der Waals surface area (Å²) >= 11 is 0. The molecular formula is C31H34FN3O6S. The molecule has 11 heteroatoms. The summed E-state index contributed by atoms with van der Waals surface area (Å²) in [4.78, 5) is 40.3. The SMILES string of the molecule is CS(=O)(=O)c1ccc(CC(=O)N2CCCNC(=O)c3ccc(F)c(c3)-c3cc(ccc3O)CCNC(=O)CCC2)cc1. The molecule has 4 bridgehead atoms. The van der Waals surface area contributed by atoms with Crippen LogP contribution in [0.1, 0.15) is 40.7 Å². The Morgan fingerprint density at radius 2 is 1.64 bits per heavy atom. The Bertz CT molecular complexity index is 1570. The zero-order valence-electron chi connectivity index (χ0n) is 23.4. The number of carbonyl (C=O) groups is 3. The van der Waals surface area contributed by atoms with Gasteiger partial charge in [0, 0.05) is 55.5 Å². The molecule has 0 aliphatic carbocycles. The number of phenols is 1. The van der Waals surface area contributed by atoms with E-state index in [1.807, 2.05) is 0 Å². The van der Waals surface area contributed by atoms with E-state index >= 15 is 0 Å². The summed E-state index contributed by atoms with van der Waals surface area (Å²) in [6.07, 6.45) is 2.71. The van der Waals surface area contributed by atoms with Crippen molar-refractivity contribution in [1.82, 2.24) is 15.5 Å². The highest BCUT2D eigenvalue weighted by atomic mass is 32.2. The minimum atomic E-state index is -3.35. The standard InChI is InChI=1S/C31H34FN3O6S/c1-42(40,41)24-9-5-21(6-10-24)19-30(38)35-16-2-4-29(37)33-15-13-22-7-12-28(36)26(18-22)25-20-23(8-11-27(25)32)31(39)34-14-3-17-35/h5-12,18,20,36H,2-4,13-17,19H2,1H3,(H,33,37)(H,34,39). The van der Waals surface area contributed by atoms with Crippen molar-refractivity contribution in [3.05, 3.63) is 83.2 Å². The molecule has 1 aliphatic rings. The van der Waals surface area contributed by atoms with E-state index in [0.29, 0.717) is 44.5 Å². The second-order valence-electron chi connectivity index (χ2n) is 10.3. The molecule has 0 atom stereocenters. The van der Waals surface area contributed by atoms with Crippen molar-refractivity contribution in [3.8, 4) is 16.9 Å². The molecule has 0 radical (unpaired) electrons. The average molecular weight is 596 g/mol. The van der Waals surface area contributed by atoms with Crippen molar-refractivity contribution < 1.29 is 32.3 Å². The van der Waals surface area contributed by atoms with Gasteiger partial charge in [0.05, 0.1) is 11.3 Å². The van der Waals surface area contributed by atoms with Gasteiger partial charge in [-0.1, -0.05) is 18.2 Å². The monoisotopic (exact) mass is 595 g/mol. The molecular weight excluding hydrogens is 561 g/mol. The quantitative estimate of drug-likeness (QED) is 0.426. The van der Waals surface area contributed by atoms with Gasteiger partial charge in [0.25, 0.3) is 5.91 Å². The normalized spacial score (nSPS) is 15.5. The molecule has 0 fully saturated rings. The molecule has 0 saturated carbocycles. The van der Waals surface area contributed by atoms with Crippen molar-refractivity contribution in [2.75, 3.05) is 32.4 Å². The molecule has 3 amide bonds. The predicted octanol–water partition coefficient (Wildman–Crippen LogP) is 3.25. The average Bonchev–Trinajstić information content (AvgIpc) is 2.94. The largest absolute Gasteiger partial charge is 0.507 e. The van der Waals surface area contributed by atoms with E-state index < -0.39 is 21.6 Å². The molecule has 1 aliphatic heterocycles. The van der Waals surface area contributed by atoms with Crippen molar-refractivity contribution >= 4 is 27.6 Å². The van der Waals surface area contributed by atoms with Crippen LogP contribution in [0.3, 0.4) is 0 Å². The Morgan fingerprint density at radius 3 is 2.38 bits per heavy atom. The first-order valence-electron chi connectivity index (χ1n) is 13.7.